The molecule has 0 aromatic carbocycles. The maximum absolute atomic E-state index is 9.96. The predicted molar refractivity (Wildman–Crippen MR) is 97.3 cm³/mol. The van der Waals surface area contributed by atoms with Gasteiger partial charge >= 0.3 is 0 Å². The number of ether oxygens (including phenoxy) is 1. The molecule has 0 radical (unpaired) electrons. The summed E-state index contributed by atoms with van der Waals surface area (Å²) < 4.78 is 5.54. The van der Waals surface area contributed by atoms with Crippen molar-refractivity contribution < 1.29 is 9.84 Å². The minimum atomic E-state index is 0.365. The number of allylic oxidation sites excluding steroid dienone is 3. The van der Waals surface area contributed by atoms with E-state index in [0.29, 0.717) is 17.9 Å². The molecule has 0 aromatic rings. The standard InChI is InChI=1S/C22H34O2/c1-13-9-15-11-17(24-4)5-6-18(15)19-7-8-22(3)16(12-23)10-14(2)21(22)20(13)19/h5,13-14,16,19-21,23H,6-12H2,1-4H3/t13-,14-,16+,19-,20-,21-,22-/m1/s1. The van der Waals surface area contributed by atoms with Crippen LogP contribution in [0.5, 0.6) is 0 Å². The molecule has 2 saturated carbocycles. The molecular weight excluding hydrogens is 296 g/mol. The van der Waals surface area contributed by atoms with Gasteiger partial charge in [0.05, 0.1) is 12.9 Å². The van der Waals surface area contributed by atoms with Gasteiger partial charge in [-0.2, -0.15) is 0 Å². The molecule has 2 fully saturated rings. The van der Waals surface area contributed by atoms with Crippen LogP contribution in [0.4, 0.5) is 0 Å². The van der Waals surface area contributed by atoms with E-state index in [1.807, 2.05) is 7.11 Å². The van der Waals surface area contributed by atoms with Crippen molar-refractivity contribution in [3.63, 3.8) is 0 Å². The summed E-state index contributed by atoms with van der Waals surface area (Å²) in [6, 6.07) is 0. The van der Waals surface area contributed by atoms with Crippen LogP contribution in [0.3, 0.4) is 0 Å². The fraction of sp³-hybridized carbons (Fsp3) is 0.818. The number of fused-ring (bicyclic) bond motifs is 4. The molecule has 0 saturated heterocycles. The normalized spacial score (nSPS) is 47.6. The molecule has 24 heavy (non-hydrogen) atoms. The molecule has 2 nitrogen and oxygen atoms in total. The van der Waals surface area contributed by atoms with Gasteiger partial charge in [0.25, 0.3) is 0 Å². The Morgan fingerprint density at radius 1 is 1.29 bits per heavy atom. The lowest BCUT2D eigenvalue weighted by Gasteiger charge is -2.55. The van der Waals surface area contributed by atoms with Gasteiger partial charge in [-0.25, -0.2) is 0 Å². The van der Waals surface area contributed by atoms with Crippen molar-refractivity contribution in [2.45, 2.75) is 59.3 Å². The molecule has 0 aromatic heterocycles. The Hall–Kier alpha value is -0.760. The average Bonchev–Trinajstić information content (AvgIpc) is 2.84. The van der Waals surface area contributed by atoms with Gasteiger partial charge in [0.1, 0.15) is 0 Å². The van der Waals surface area contributed by atoms with E-state index >= 15 is 0 Å². The van der Waals surface area contributed by atoms with Gasteiger partial charge in [0.15, 0.2) is 0 Å². The minimum Gasteiger partial charge on any atom is -0.501 e. The van der Waals surface area contributed by atoms with E-state index in [0.717, 1.165) is 42.4 Å². The molecule has 0 bridgehead atoms. The highest BCUT2D eigenvalue weighted by atomic mass is 16.5. The molecule has 0 spiro atoms. The maximum atomic E-state index is 9.96. The molecule has 4 aliphatic carbocycles. The molecular formula is C22H34O2. The van der Waals surface area contributed by atoms with E-state index in [1.165, 1.54) is 31.4 Å². The van der Waals surface area contributed by atoms with E-state index in [1.54, 1.807) is 11.1 Å². The van der Waals surface area contributed by atoms with Crippen molar-refractivity contribution >= 4 is 0 Å². The SMILES string of the molecule is COC1=CCC2=C(C1)C[C@@H](C)[C@H]1[C@H]3[C@H](C)C[C@@H](CO)[C@@]3(C)CC[C@H]21. The second-order valence-corrected chi connectivity index (χ2v) is 9.41. The van der Waals surface area contributed by atoms with Crippen LogP contribution in [0.2, 0.25) is 0 Å². The fourth-order valence-corrected chi connectivity index (χ4v) is 7.39. The van der Waals surface area contributed by atoms with Crippen LogP contribution in [0.25, 0.3) is 0 Å². The summed E-state index contributed by atoms with van der Waals surface area (Å²) >= 11 is 0. The Kier molecular flexibility index (Phi) is 4.10. The molecule has 0 heterocycles. The van der Waals surface area contributed by atoms with Crippen molar-refractivity contribution in [1.82, 2.24) is 0 Å². The van der Waals surface area contributed by atoms with Gasteiger partial charge in [-0.15, -0.1) is 0 Å². The number of aliphatic hydroxyl groups excluding tert-OH is 1. The van der Waals surface area contributed by atoms with Gasteiger partial charge < -0.3 is 9.84 Å². The molecule has 7 atom stereocenters. The smallest absolute Gasteiger partial charge is 0.0959 e. The van der Waals surface area contributed by atoms with Gasteiger partial charge in [-0.1, -0.05) is 31.9 Å². The monoisotopic (exact) mass is 330 g/mol. The third kappa shape index (κ3) is 2.25. The van der Waals surface area contributed by atoms with Gasteiger partial charge in [-0.3, -0.25) is 0 Å². The Balaban J connectivity index is 1.67. The van der Waals surface area contributed by atoms with Crippen molar-refractivity contribution in [3.05, 3.63) is 23.0 Å². The highest BCUT2D eigenvalue weighted by Gasteiger charge is 2.58. The zero-order valence-corrected chi connectivity index (χ0v) is 15.8. The summed E-state index contributed by atoms with van der Waals surface area (Å²) in [7, 11) is 1.81. The van der Waals surface area contributed by atoms with Crippen molar-refractivity contribution in [3.8, 4) is 0 Å². The summed E-state index contributed by atoms with van der Waals surface area (Å²) in [5.41, 5.74) is 3.82. The number of hydrogen-bond acceptors (Lipinski definition) is 2. The number of hydrogen-bond donors (Lipinski definition) is 1. The third-order valence-electron chi connectivity index (χ3n) is 8.38. The van der Waals surface area contributed by atoms with Gasteiger partial charge in [0, 0.05) is 13.0 Å². The summed E-state index contributed by atoms with van der Waals surface area (Å²) in [5, 5.41) is 9.96. The zero-order valence-electron chi connectivity index (χ0n) is 15.8. The first-order valence-corrected chi connectivity index (χ1v) is 10.0. The highest BCUT2D eigenvalue weighted by Crippen LogP contribution is 2.65. The van der Waals surface area contributed by atoms with Gasteiger partial charge in [0.2, 0.25) is 0 Å². The lowest BCUT2D eigenvalue weighted by molar-refractivity contribution is -0.0325. The highest BCUT2D eigenvalue weighted by molar-refractivity contribution is 5.33. The molecule has 4 aliphatic rings. The van der Waals surface area contributed by atoms with Crippen molar-refractivity contribution in [2.24, 2.45) is 40.9 Å². The van der Waals surface area contributed by atoms with Crippen LogP contribution in [0.1, 0.15) is 59.3 Å². The molecule has 0 amide bonds. The zero-order chi connectivity index (χ0) is 17.1. The first kappa shape index (κ1) is 16.7. The molecule has 2 heteroatoms. The molecule has 4 rings (SSSR count). The molecule has 1 N–H and O–H groups in total. The summed E-state index contributed by atoms with van der Waals surface area (Å²) in [6.45, 7) is 7.84. The number of aliphatic hydroxyl groups is 1. The summed E-state index contributed by atoms with van der Waals surface area (Å²) in [6.07, 6.45) is 9.63. The average molecular weight is 331 g/mol. The predicted octanol–water partition coefficient (Wildman–Crippen LogP) is 4.94. The van der Waals surface area contributed by atoms with Gasteiger partial charge in [-0.05, 0) is 79.1 Å². The second kappa shape index (κ2) is 5.90. The van der Waals surface area contributed by atoms with Crippen LogP contribution in [-0.4, -0.2) is 18.8 Å². The first-order valence-electron chi connectivity index (χ1n) is 10.0. The van der Waals surface area contributed by atoms with Crippen LogP contribution >= 0.6 is 0 Å². The van der Waals surface area contributed by atoms with E-state index < -0.39 is 0 Å². The van der Waals surface area contributed by atoms with Crippen LogP contribution in [-0.2, 0) is 4.74 Å². The molecule has 0 aliphatic heterocycles. The Labute approximate surface area is 147 Å². The Morgan fingerprint density at radius 3 is 2.79 bits per heavy atom. The first-order chi connectivity index (χ1) is 11.5. The van der Waals surface area contributed by atoms with E-state index in [4.69, 9.17) is 4.74 Å². The maximum Gasteiger partial charge on any atom is 0.0959 e. The van der Waals surface area contributed by atoms with E-state index in [9.17, 15) is 5.11 Å². The molecule has 134 valence electrons. The summed E-state index contributed by atoms with van der Waals surface area (Å²) in [5.74, 6) is 5.64. The largest absolute Gasteiger partial charge is 0.501 e. The van der Waals surface area contributed by atoms with E-state index in [2.05, 4.69) is 26.8 Å². The van der Waals surface area contributed by atoms with E-state index in [-0.39, 0.29) is 0 Å². The van der Waals surface area contributed by atoms with Crippen LogP contribution in [0, 0.1) is 40.9 Å². The number of methoxy groups -OCH3 is 1. The molecule has 0 unspecified atom stereocenters. The Bertz CT molecular complexity index is 575. The van der Waals surface area contributed by atoms with Crippen LogP contribution in [0.15, 0.2) is 23.0 Å². The fourth-order valence-electron chi connectivity index (χ4n) is 7.39. The van der Waals surface area contributed by atoms with Crippen molar-refractivity contribution in [1.29, 1.82) is 0 Å². The third-order valence-corrected chi connectivity index (χ3v) is 8.38. The lowest BCUT2D eigenvalue weighted by Crippen LogP contribution is -2.48. The number of rotatable bonds is 2. The minimum absolute atomic E-state index is 0.365. The quantitative estimate of drug-likeness (QED) is 0.726. The topological polar surface area (TPSA) is 29.5 Å². The van der Waals surface area contributed by atoms with Crippen LogP contribution < -0.4 is 0 Å². The Morgan fingerprint density at radius 2 is 2.08 bits per heavy atom. The lowest BCUT2D eigenvalue weighted by atomic mass is 9.50. The summed E-state index contributed by atoms with van der Waals surface area (Å²) in [4.78, 5) is 0. The second-order valence-electron chi connectivity index (χ2n) is 9.41. The van der Waals surface area contributed by atoms with Crippen molar-refractivity contribution in [2.75, 3.05) is 13.7 Å².